The Bertz CT molecular complexity index is 709. The van der Waals surface area contributed by atoms with Crippen LogP contribution in [-0.2, 0) is 4.79 Å². The lowest BCUT2D eigenvalue weighted by atomic mass is 9.84. The topological polar surface area (TPSA) is 122 Å². The molecule has 0 aromatic carbocycles. The van der Waals surface area contributed by atoms with E-state index in [-0.39, 0.29) is 42.5 Å². The van der Waals surface area contributed by atoms with E-state index in [1.807, 2.05) is 4.90 Å². The molecule has 28 heavy (non-hydrogen) atoms. The molecular formula is C20H30N4O4. The van der Waals surface area contributed by atoms with Gasteiger partial charge >= 0.3 is 0 Å². The Hall–Kier alpha value is -1.93. The van der Waals surface area contributed by atoms with Crippen LogP contribution in [0.5, 0.6) is 0 Å². The molecular weight excluding hydrogens is 360 g/mol. The van der Waals surface area contributed by atoms with Gasteiger partial charge in [-0.2, -0.15) is 0 Å². The summed E-state index contributed by atoms with van der Waals surface area (Å²) in [4.78, 5) is 27.2. The van der Waals surface area contributed by atoms with E-state index in [4.69, 9.17) is 10.3 Å². The minimum Gasteiger partial charge on any atom is -0.394 e. The predicted molar refractivity (Wildman–Crippen MR) is 101 cm³/mol. The highest BCUT2D eigenvalue weighted by Crippen LogP contribution is 2.40. The number of aromatic nitrogens is 1. The van der Waals surface area contributed by atoms with Crippen molar-refractivity contribution in [2.45, 2.75) is 75.4 Å². The van der Waals surface area contributed by atoms with Gasteiger partial charge in [-0.1, -0.05) is 5.16 Å². The Kier molecular flexibility index (Phi) is 5.68. The Labute approximate surface area is 164 Å². The number of rotatable bonds is 5. The van der Waals surface area contributed by atoms with Crippen LogP contribution in [0.15, 0.2) is 10.6 Å². The molecule has 1 saturated heterocycles. The summed E-state index contributed by atoms with van der Waals surface area (Å²) in [5.41, 5.74) is 6.25. The van der Waals surface area contributed by atoms with E-state index in [1.165, 1.54) is 0 Å². The molecule has 2 heterocycles. The quantitative estimate of drug-likeness (QED) is 0.693. The Morgan fingerprint density at radius 2 is 1.96 bits per heavy atom. The van der Waals surface area contributed by atoms with Crippen molar-refractivity contribution in [3.8, 4) is 0 Å². The number of piperidine rings is 1. The second kappa shape index (κ2) is 8.21. The number of nitrogens with one attached hydrogen (secondary N) is 1. The van der Waals surface area contributed by atoms with Gasteiger partial charge in [-0.05, 0) is 51.4 Å². The number of nitrogens with zero attached hydrogens (tertiary/aromatic N) is 2. The molecule has 0 spiro atoms. The smallest absolute Gasteiger partial charge is 0.273 e. The molecule has 3 fully saturated rings. The summed E-state index contributed by atoms with van der Waals surface area (Å²) in [6, 6.07) is 1.58. The van der Waals surface area contributed by atoms with Gasteiger partial charge in [0.2, 0.25) is 5.91 Å². The van der Waals surface area contributed by atoms with E-state index in [9.17, 15) is 14.7 Å². The van der Waals surface area contributed by atoms with Crippen LogP contribution in [0, 0.1) is 5.92 Å². The summed E-state index contributed by atoms with van der Waals surface area (Å²) in [6.45, 7) is 0.448. The van der Waals surface area contributed by atoms with Crippen molar-refractivity contribution in [1.29, 1.82) is 0 Å². The van der Waals surface area contributed by atoms with Crippen LogP contribution < -0.4 is 11.1 Å². The van der Waals surface area contributed by atoms with E-state index in [0.29, 0.717) is 31.0 Å². The van der Waals surface area contributed by atoms with Crippen LogP contribution in [0.2, 0.25) is 0 Å². The zero-order chi connectivity index (χ0) is 19.7. The fourth-order valence-electron chi connectivity index (χ4n) is 4.46. The van der Waals surface area contributed by atoms with Crippen molar-refractivity contribution in [3.05, 3.63) is 17.5 Å². The highest BCUT2D eigenvalue weighted by atomic mass is 16.5. The molecule has 8 heteroatoms. The molecule has 4 rings (SSSR count). The number of aliphatic hydroxyl groups excluding tert-OH is 1. The van der Waals surface area contributed by atoms with E-state index < -0.39 is 0 Å². The Morgan fingerprint density at radius 1 is 1.21 bits per heavy atom. The van der Waals surface area contributed by atoms with Crippen LogP contribution in [0.4, 0.5) is 0 Å². The maximum absolute atomic E-state index is 12.9. The predicted octanol–water partition coefficient (Wildman–Crippen LogP) is 1.15. The minimum atomic E-state index is -0.263. The van der Waals surface area contributed by atoms with E-state index in [2.05, 4.69) is 10.5 Å². The molecule has 1 aromatic heterocycles. The standard InChI is InChI=1S/C20H30N4O4/c21-14-5-3-13(4-6-14)20(27)24-8-7-15(9-16(24)11-25)22-19(26)17-10-18(28-23-17)12-1-2-12/h10,12-16,25H,1-9,11,21H2,(H,22,26)/t13?,14?,15-,16-/m1/s1. The molecule has 8 nitrogen and oxygen atoms in total. The molecule has 1 aromatic rings. The maximum Gasteiger partial charge on any atom is 0.273 e. The molecule has 2 saturated carbocycles. The average Bonchev–Trinajstić information content (AvgIpc) is 3.44. The molecule has 0 radical (unpaired) electrons. The summed E-state index contributed by atoms with van der Waals surface area (Å²) in [7, 11) is 0. The summed E-state index contributed by atoms with van der Waals surface area (Å²) in [6.07, 6.45) is 6.82. The van der Waals surface area contributed by atoms with Gasteiger partial charge in [0.05, 0.1) is 12.6 Å². The Balaban J connectivity index is 1.32. The highest BCUT2D eigenvalue weighted by molar-refractivity contribution is 5.92. The SMILES string of the molecule is NC1CCC(C(=O)N2CC[C@@H](NC(=O)c3cc(C4CC4)on3)C[C@@H]2CO)CC1. The molecule has 154 valence electrons. The van der Waals surface area contributed by atoms with Crippen molar-refractivity contribution >= 4 is 11.8 Å². The number of carbonyl (C=O) groups is 2. The van der Waals surface area contributed by atoms with Gasteiger partial charge in [0, 0.05) is 36.5 Å². The second-order valence-electron chi connectivity index (χ2n) is 8.56. The van der Waals surface area contributed by atoms with Crippen LogP contribution in [0.1, 0.15) is 73.5 Å². The van der Waals surface area contributed by atoms with Crippen LogP contribution in [-0.4, -0.2) is 58.3 Å². The van der Waals surface area contributed by atoms with Gasteiger partial charge in [0.25, 0.3) is 5.91 Å². The molecule has 2 atom stereocenters. The first-order valence-corrected chi connectivity index (χ1v) is 10.5. The highest BCUT2D eigenvalue weighted by Gasteiger charge is 2.36. The third kappa shape index (κ3) is 4.22. The van der Waals surface area contributed by atoms with Gasteiger partial charge in [-0.15, -0.1) is 0 Å². The zero-order valence-corrected chi connectivity index (χ0v) is 16.2. The van der Waals surface area contributed by atoms with Crippen molar-refractivity contribution in [2.75, 3.05) is 13.2 Å². The summed E-state index contributed by atoms with van der Waals surface area (Å²) < 4.78 is 5.25. The minimum absolute atomic E-state index is 0.0102. The maximum atomic E-state index is 12.9. The largest absolute Gasteiger partial charge is 0.394 e. The molecule has 1 aliphatic heterocycles. The van der Waals surface area contributed by atoms with Gasteiger partial charge in [0.1, 0.15) is 5.76 Å². The van der Waals surface area contributed by atoms with Crippen LogP contribution >= 0.6 is 0 Å². The van der Waals surface area contributed by atoms with Crippen LogP contribution in [0.3, 0.4) is 0 Å². The summed E-state index contributed by atoms with van der Waals surface area (Å²) >= 11 is 0. The first-order valence-electron chi connectivity index (χ1n) is 10.5. The molecule has 0 bridgehead atoms. The number of likely N-dealkylation sites (tertiary alicyclic amines) is 1. The lowest BCUT2D eigenvalue weighted by Crippen LogP contribution is -2.55. The molecule has 3 aliphatic rings. The third-order valence-electron chi connectivity index (χ3n) is 6.41. The number of amides is 2. The number of nitrogens with two attached hydrogens (primary N) is 1. The average molecular weight is 390 g/mol. The van der Waals surface area contributed by atoms with Crippen molar-refractivity contribution < 1.29 is 19.2 Å². The van der Waals surface area contributed by atoms with Crippen molar-refractivity contribution in [2.24, 2.45) is 11.7 Å². The summed E-state index contributed by atoms with van der Waals surface area (Å²) in [5, 5.41) is 16.7. The third-order valence-corrected chi connectivity index (χ3v) is 6.41. The zero-order valence-electron chi connectivity index (χ0n) is 16.2. The molecule has 0 unspecified atom stereocenters. The number of hydrogen-bond donors (Lipinski definition) is 3. The van der Waals surface area contributed by atoms with Crippen molar-refractivity contribution in [1.82, 2.24) is 15.4 Å². The van der Waals surface area contributed by atoms with Crippen molar-refractivity contribution in [3.63, 3.8) is 0 Å². The van der Waals surface area contributed by atoms with E-state index in [0.717, 1.165) is 44.3 Å². The van der Waals surface area contributed by atoms with Gasteiger partial charge in [-0.3, -0.25) is 9.59 Å². The number of carbonyl (C=O) groups excluding carboxylic acids is 2. The van der Waals surface area contributed by atoms with Gasteiger partial charge < -0.3 is 25.6 Å². The molecule has 2 aliphatic carbocycles. The van der Waals surface area contributed by atoms with Crippen LogP contribution in [0.25, 0.3) is 0 Å². The lowest BCUT2D eigenvalue weighted by molar-refractivity contribution is -0.141. The molecule has 2 amide bonds. The van der Waals surface area contributed by atoms with Gasteiger partial charge in [-0.25, -0.2) is 0 Å². The Morgan fingerprint density at radius 3 is 2.64 bits per heavy atom. The lowest BCUT2D eigenvalue weighted by Gasteiger charge is -2.41. The van der Waals surface area contributed by atoms with E-state index in [1.54, 1.807) is 6.07 Å². The van der Waals surface area contributed by atoms with E-state index >= 15 is 0 Å². The number of aliphatic hydroxyl groups is 1. The first-order chi connectivity index (χ1) is 13.5. The monoisotopic (exact) mass is 390 g/mol. The van der Waals surface area contributed by atoms with Gasteiger partial charge in [0.15, 0.2) is 5.69 Å². The normalized spacial score (nSPS) is 30.9. The number of hydrogen-bond acceptors (Lipinski definition) is 6. The fourth-order valence-corrected chi connectivity index (χ4v) is 4.46. The first kappa shape index (κ1) is 19.4. The molecule has 4 N–H and O–H groups in total. The summed E-state index contributed by atoms with van der Waals surface area (Å²) in [5.74, 6) is 1.08. The second-order valence-corrected chi connectivity index (χ2v) is 8.56. The fraction of sp³-hybridized carbons (Fsp3) is 0.750.